The molecule has 3 aromatic heterocycles. The van der Waals surface area contributed by atoms with Crippen molar-refractivity contribution in [2.45, 2.75) is 56.7 Å². The quantitative estimate of drug-likeness (QED) is 0.588. The summed E-state index contributed by atoms with van der Waals surface area (Å²) in [4.78, 5) is 30.6. The van der Waals surface area contributed by atoms with Crippen molar-refractivity contribution in [1.82, 2.24) is 24.5 Å². The Balaban J connectivity index is 1.49. The molecular weight excluding hydrogens is 408 g/mol. The highest BCUT2D eigenvalue weighted by Gasteiger charge is 2.30. The molecule has 9 heteroatoms. The van der Waals surface area contributed by atoms with Crippen LogP contribution in [0.25, 0.3) is 5.65 Å². The first-order valence-electron chi connectivity index (χ1n) is 11.2. The zero-order chi connectivity index (χ0) is 22.2. The van der Waals surface area contributed by atoms with Gasteiger partial charge >= 0.3 is 0 Å². The van der Waals surface area contributed by atoms with Gasteiger partial charge in [0.15, 0.2) is 5.65 Å². The number of nitrogens with zero attached hydrogens (tertiary/aromatic N) is 4. The van der Waals surface area contributed by atoms with Gasteiger partial charge in [-0.15, -0.1) is 0 Å². The maximum atomic E-state index is 13.3. The summed E-state index contributed by atoms with van der Waals surface area (Å²) in [5, 5.41) is 10.4. The highest BCUT2D eigenvalue weighted by molar-refractivity contribution is 6.00. The second-order valence-corrected chi connectivity index (χ2v) is 8.62. The number of fused-ring (bicyclic) bond motifs is 1. The molecule has 32 heavy (non-hydrogen) atoms. The number of carbonyl (C=O) groups excluding carboxylic acids is 1. The molecule has 0 spiro atoms. The maximum Gasteiger partial charge on any atom is 0.256 e. The van der Waals surface area contributed by atoms with Gasteiger partial charge in [-0.2, -0.15) is 9.61 Å². The van der Waals surface area contributed by atoms with Crippen LogP contribution in [0.1, 0.15) is 59.8 Å². The summed E-state index contributed by atoms with van der Waals surface area (Å²) in [7, 11) is 3.50. The standard InChI is InChI=1S/C23H28N6O3/c1-24-20-12-16(26-21-17(13-25-29(20)21)22(30)27-15-8-9-15)11-14-5-4-10-28(23(14)31)18-6-3-7-19(18)32-2/h4-5,10,12-13,15,18-19,24H,3,6-9,11H2,1-2H3,(H,27,30)/t18-,19-/m0/s1. The monoisotopic (exact) mass is 436 g/mol. The number of ether oxygens (including phenoxy) is 1. The van der Waals surface area contributed by atoms with Crippen LogP contribution in [-0.4, -0.2) is 51.4 Å². The number of methoxy groups -OCH3 is 1. The topological polar surface area (TPSA) is 103 Å². The number of rotatable bonds is 7. The maximum absolute atomic E-state index is 13.3. The van der Waals surface area contributed by atoms with E-state index in [9.17, 15) is 9.59 Å². The summed E-state index contributed by atoms with van der Waals surface area (Å²) in [5.74, 6) is 0.546. The van der Waals surface area contributed by atoms with Gasteiger partial charge in [0.1, 0.15) is 11.4 Å². The molecule has 2 saturated carbocycles. The molecule has 2 N–H and O–H groups in total. The predicted molar refractivity (Wildman–Crippen MR) is 120 cm³/mol. The highest BCUT2D eigenvalue weighted by Crippen LogP contribution is 2.31. The number of pyridine rings is 1. The number of nitrogens with one attached hydrogen (secondary N) is 2. The van der Waals surface area contributed by atoms with Crippen molar-refractivity contribution >= 4 is 17.4 Å². The van der Waals surface area contributed by atoms with E-state index in [1.807, 2.05) is 24.4 Å². The van der Waals surface area contributed by atoms with Gasteiger partial charge < -0.3 is 19.9 Å². The Morgan fingerprint density at radius 1 is 1.28 bits per heavy atom. The molecule has 0 aliphatic heterocycles. The van der Waals surface area contributed by atoms with Crippen LogP contribution in [-0.2, 0) is 11.2 Å². The average molecular weight is 437 g/mol. The number of carbonyl (C=O) groups is 1. The van der Waals surface area contributed by atoms with Crippen LogP contribution in [0, 0.1) is 0 Å². The zero-order valence-electron chi connectivity index (χ0n) is 18.4. The van der Waals surface area contributed by atoms with Crippen LogP contribution >= 0.6 is 0 Å². The number of hydrogen-bond donors (Lipinski definition) is 2. The lowest BCUT2D eigenvalue weighted by molar-refractivity contribution is 0.0737. The van der Waals surface area contributed by atoms with Gasteiger partial charge in [-0.25, -0.2) is 4.98 Å². The lowest BCUT2D eigenvalue weighted by atomic mass is 10.1. The number of amides is 1. The van der Waals surface area contributed by atoms with E-state index in [1.54, 1.807) is 29.4 Å². The van der Waals surface area contributed by atoms with Crippen LogP contribution in [0.15, 0.2) is 35.4 Å². The predicted octanol–water partition coefficient (Wildman–Crippen LogP) is 2.16. The number of aromatic nitrogens is 4. The first-order chi connectivity index (χ1) is 15.6. The van der Waals surface area contributed by atoms with E-state index in [0.717, 1.165) is 32.1 Å². The van der Waals surface area contributed by atoms with Crippen LogP contribution < -0.4 is 16.2 Å². The smallest absolute Gasteiger partial charge is 0.256 e. The third kappa shape index (κ3) is 3.77. The second-order valence-electron chi connectivity index (χ2n) is 8.62. The molecule has 2 fully saturated rings. The summed E-state index contributed by atoms with van der Waals surface area (Å²) in [6, 6.07) is 5.93. The molecule has 0 bridgehead atoms. The van der Waals surface area contributed by atoms with Crippen LogP contribution in [0.4, 0.5) is 5.82 Å². The van der Waals surface area contributed by atoms with Crippen LogP contribution in [0.5, 0.6) is 0 Å². The molecule has 2 aliphatic carbocycles. The molecule has 2 atom stereocenters. The van der Waals surface area contributed by atoms with E-state index >= 15 is 0 Å². The molecule has 0 aromatic carbocycles. The second kappa shape index (κ2) is 8.38. The summed E-state index contributed by atoms with van der Waals surface area (Å²) in [6.07, 6.45) is 8.80. The third-order valence-corrected chi connectivity index (χ3v) is 6.44. The Kier molecular flexibility index (Phi) is 5.42. The summed E-state index contributed by atoms with van der Waals surface area (Å²) in [5.41, 5.74) is 2.27. The Labute approximate surface area is 185 Å². The van der Waals surface area contributed by atoms with Crippen molar-refractivity contribution < 1.29 is 9.53 Å². The summed E-state index contributed by atoms with van der Waals surface area (Å²) in [6.45, 7) is 0. The highest BCUT2D eigenvalue weighted by atomic mass is 16.5. The average Bonchev–Trinajstić information content (AvgIpc) is 3.31. The molecule has 9 nitrogen and oxygen atoms in total. The first kappa shape index (κ1) is 20.7. The number of anilines is 1. The van der Waals surface area contributed by atoms with Crippen LogP contribution in [0.3, 0.4) is 0 Å². The van der Waals surface area contributed by atoms with Gasteiger partial charge in [0.05, 0.1) is 24.0 Å². The van der Waals surface area contributed by atoms with Crippen LogP contribution in [0.2, 0.25) is 0 Å². The fourth-order valence-corrected chi connectivity index (χ4v) is 4.58. The molecule has 0 radical (unpaired) electrons. The molecule has 168 valence electrons. The van der Waals surface area contributed by atoms with Gasteiger partial charge in [0.2, 0.25) is 0 Å². The molecule has 1 amide bonds. The third-order valence-electron chi connectivity index (χ3n) is 6.44. The van der Waals surface area contributed by atoms with Gasteiger partial charge in [-0.1, -0.05) is 6.07 Å². The van der Waals surface area contributed by atoms with Gasteiger partial charge in [-0.3, -0.25) is 9.59 Å². The summed E-state index contributed by atoms with van der Waals surface area (Å²) < 4.78 is 9.03. The number of hydrogen-bond acceptors (Lipinski definition) is 6. The largest absolute Gasteiger partial charge is 0.379 e. The minimum Gasteiger partial charge on any atom is -0.379 e. The Hall–Kier alpha value is -3.20. The Morgan fingerprint density at radius 3 is 2.88 bits per heavy atom. The zero-order valence-corrected chi connectivity index (χ0v) is 18.4. The van der Waals surface area contributed by atoms with Gasteiger partial charge in [0, 0.05) is 44.4 Å². The summed E-state index contributed by atoms with van der Waals surface area (Å²) >= 11 is 0. The van der Waals surface area contributed by atoms with E-state index in [1.165, 1.54) is 0 Å². The van der Waals surface area contributed by atoms with Crippen molar-refractivity contribution in [3.8, 4) is 0 Å². The molecular formula is C23H28N6O3. The fourth-order valence-electron chi connectivity index (χ4n) is 4.58. The molecule has 3 aromatic rings. The van der Waals surface area contributed by atoms with Crippen molar-refractivity contribution in [2.75, 3.05) is 19.5 Å². The van der Waals surface area contributed by atoms with Gasteiger partial charge in [-0.05, 0) is 38.2 Å². The van der Waals surface area contributed by atoms with Crippen molar-refractivity contribution in [2.24, 2.45) is 0 Å². The lowest BCUT2D eigenvalue weighted by Gasteiger charge is -2.21. The molecule has 2 aliphatic rings. The van der Waals surface area contributed by atoms with E-state index in [-0.39, 0.29) is 29.7 Å². The molecule has 0 saturated heterocycles. The normalized spacial score (nSPS) is 20.6. The van der Waals surface area contributed by atoms with Crippen molar-refractivity contribution in [1.29, 1.82) is 0 Å². The Morgan fingerprint density at radius 2 is 2.12 bits per heavy atom. The minimum absolute atomic E-state index is 0.0191. The van der Waals surface area contributed by atoms with Crippen molar-refractivity contribution in [3.05, 3.63) is 57.8 Å². The minimum atomic E-state index is -0.164. The van der Waals surface area contributed by atoms with E-state index in [2.05, 4.69) is 15.7 Å². The fraction of sp³-hybridized carbons (Fsp3) is 0.478. The van der Waals surface area contributed by atoms with Crippen molar-refractivity contribution in [3.63, 3.8) is 0 Å². The molecule has 0 unspecified atom stereocenters. The molecule has 3 heterocycles. The van der Waals surface area contributed by atoms with E-state index in [4.69, 9.17) is 9.72 Å². The lowest BCUT2D eigenvalue weighted by Crippen LogP contribution is -2.31. The van der Waals surface area contributed by atoms with Gasteiger partial charge in [0.25, 0.3) is 11.5 Å². The Bertz CT molecular complexity index is 1210. The van der Waals surface area contributed by atoms with E-state index < -0.39 is 0 Å². The molecule has 5 rings (SSSR count). The SMILES string of the molecule is CNc1cc(Cc2cccn([C@H]3CCC[C@@H]3OC)c2=O)nc2c(C(=O)NC3CC3)cnn12. The van der Waals surface area contributed by atoms with E-state index in [0.29, 0.717) is 34.7 Å². The first-order valence-corrected chi connectivity index (χ1v) is 11.2.